The van der Waals surface area contributed by atoms with E-state index in [2.05, 4.69) is 31.0 Å². The van der Waals surface area contributed by atoms with Crippen LogP contribution < -0.4 is 5.32 Å². The first kappa shape index (κ1) is 15.4. The second-order valence-electron chi connectivity index (χ2n) is 5.90. The van der Waals surface area contributed by atoms with E-state index in [0.29, 0.717) is 11.8 Å². The van der Waals surface area contributed by atoms with Gasteiger partial charge in [0.25, 0.3) is 0 Å². The number of aliphatic hydroxyl groups excluding tert-OH is 1. The first-order valence-electron chi connectivity index (χ1n) is 7.11. The molecule has 0 aromatic carbocycles. The lowest BCUT2D eigenvalue weighted by atomic mass is 10.0. The minimum atomic E-state index is -0.140. The Kier molecular flexibility index (Phi) is 6.09. The molecular weight excluding hydrogens is 228 g/mol. The molecule has 1 aliphatic heterocycles. The van der Waals surface area contributed by atoms with Crippen LogP contribution in [0.2, 0.25) is 0 Å². The molecule has 0 radical (unpaired) electrons. The van der Waals surface area contributed by atoms with E-state index in [1.807, 2.05) is 6.92 Å². The number of hydrogen-bond donors (Lipinski definition) is 2. The Bertz CT molecular complexity index is 269. The number of amides is 1. The van der Waals surface area contributed by atoms with E-state index in [9.17, 15) is 9.90 Å². The summed E-state index contributed by atoms with van der Waals surface area (Å²) in [4.78, 5) is 14.2. The average molecular weight is 256 g/mol. The van der Waals surface area contributed by atoms with Crippen molar-refractivity contribution >= 4 is 5.91 Å². The van der Waals surface area contributed by atoms with Crippen molar-refractivity contribution in [1.29, 1.82) is 0 Å². The van der Waals surface area contributed by atoms with Gasteiger partial charge in [0.05, 0.1) is 12.6 Å². The van der Waals surface area contributed by atoms with Crippen LogP contribution in [0.3, 0.4) is 0 Å². The monoisotopic (exact) mass is 256 g/mol. The number of aliphatic hydroxyl groups is 1. The Morgan fingerprint density at radius 3 is 2.67 bits per heavy atom. The summed E-state index contributed by atoms with van der Waals surface area (Å²) in [7, 11) is 0. The molecule has 0 bridgehead atoms. The third-order valence-electron chi connectivity index (χ3n) is 4.01. The van der Waals surface area contributed by atoms with E-state index in [0.717, 1.165) is 25.9 Å². The predicted octanol–water partition coefficient (Wildman–Crippen LogP) is 1.24. The maximum absolute atomic E-state index is 12.0. The van der Waals surface area contributed by atoms with Gasteiger partial charge in [-0.1, -0.05) is 20.8 Å². The number of carbonyl (C=O) groups excluding carboxylic acids is 1. The number of nitrogens with zero attached hydrogens (tertiary/aromatic N) is 1. The number of nitrogens with one attached hydrogen (secondary N) is 1. The fourth-order valence-corrected chi connectivity index (χ4v) is 2.59. The molecule has 0 saturated carbocycles. The van der Waals surface area contributed by atoms with Gasteiger partial charge in [-0.3, -0.25) is 9.69 Å². The minimum Gasteiger partial charge on any atom is -0.395 e. The zero-order chi connectivity index (χ0) is 13.7. The summed E-state index contributed by atoms with van der Waals surface area (Å²) < 4.78 is 0. The van der Waals surface area contributed by atoms with Crippen molar-refractivity contribution in [3.05, 3.63) is 0 Å². The highest BCUT2D eigenvalue weighted by Crippen LogP contribution is 2.25. The summed E-state index contributed by atoms with van der Waals surface area (Å²) in [6.45, 7) is 10.2. The molecule has 0 aliphatic carbocycles. The third kappa shape index (κ3) is 3.95. The Labute approximate surface area is 111 Å². The van der Waals surface area contributed by atoms with Crippen LogP contribution in [-0.4, -0.2) is 47.7 Å². The fourth-order valence-electron chi connectivity index (χ4n) is 2.59. The maximum atomic E-state index is 12.0. The molecule has 3 atom stereocenters. The third-order valence-corrected chi connectivity index (χ3v) is 4.01. The largest absolute Gasteiger partial charge is 0.395 e. The van der Waals surface area contributed by atoms with E-state index in [1.165, 1.54) is 0 Å². The first-order valence-corrected chi connectivity index (χ1v) is 7.11. The Hall–Kier alpha value is -0.610. The van der Waals surface area contributed by atoms with E-state index < -0.39 is 0 Å². The molecule has 1 aliphatic rings. The average Bonchev–Trinajstić information content (AvgIpc) is 2.68. The molecule has 1 heterocycles. The highest BCUT2D eigenvalue weighted by atomic mass is 16.3. The highest BCUT2D eigenvalue weighted by Gasteiger charge is 2.35. The molecule has 0 aromatic rings. The van der Waals surface area contributed by atoms with Gasteiger partial charge >= 0.3 is 0 Å². The fraction of sp³-hybridized carbons (Fsp3) is 0.929. The number of likely N-dealkylation sites (tertiary alicyclic amines) is 1. The number of carbonyl (C=O) groups is 1. The lowest BCUT2D eigenvalue weighted by Gasteiger charge is -2.30. The molecule has 0 spiro atoms. The van der Waals surface area contributed by atoms with E-state index in [1.54, 1.807) is 0 Å². The molecule has 1 fully saturated rings. The summed E-state index contributed by atoms with van der Waals surface area (Å²) in [5.41, 5.74) is 0. The van der Waals surface area contributed by atoms with Crippen molar-refractivity contribution in [3.63, 3.8) is 0 Å². The second-order valence-corrected chi connectivity index (χ2v) is 5.90. The van der Waals surface area contributed by atoms with Crippen molar-refractivity contribution in [2.24, 2.45) is 11.8 Å². The zero-order valence-electron chi connectivity index (χ0n) is 12.1. The minimum absolute atomic E-state index is 0.0863. The van der Waals surface area contributed by atoms with Gasteiger partial charge in [-0.05, 0) is 38.1 Å². The first-order chi connectivity index (χ1) is 8.47. The molecule has 1 rings (SSSR count). The van der Waals surface area contributed by atoms with Crippen LogP contribution in [0.5, 0.6) is 0 Å². The molecule has 1 amide bonds. The van der Waals surface area contributed by atoms with Crippen LogP contribution in [0.4, 0.5) is 0 Å². The van der Waals surface area contributed by atoms with Crippen LogP contribution in [0, 0.1) is 11.8 Å². The Morgan fingerprint density at radius 2 is 2.11 bits per heavy atom. The van der Waals surface area contributed by atoms with Gasteiger partial charge in [-0.15, -0.1) is 0 Å². The highest BCUT2D eigenvalue weighted by molar-refractivity contribution is 5.81. The van der Waals surface area contributed by atoms with Gasteiger partial charge < -0.3 is 10.4 Å². The van der Waals surface area contributed by atoms with E-state index in [-0.39, 0.29) is 24.6 Å². The van der Waals surface area contributed by atoms with Gasteiger partial charge in [0.15, 0.2) is 0 Å². The smallest absolute Gasteiger partial charge is 0.237 e. The summed E-state index contributed by atoms with van der Waals surface area (Å²) in [6, 6.07) is -0.00453. The lowest BCUT2D eigenvalue weighted by Crippen LogP contribution is -2.49. The van der Waals surface area contributed by atoms with Crippen molar-refractivity contribution < 1.29 is 9.90 Å². The topological polar surface area (TPSA) is 52.6 Å². The summed E-state index contributed by atoms with van der Waals surface area (Å²) >= 11 is 0. The number of rotatable bonds is 6. The standard InChI is InChI=1S/C14H28N2O2/c1-10(2)5-7-15-14(18)12(4)16-8-6-11(3)13(16)9-17/h10-13,17H,5-9H2,1-4H3,(H,15,18). The zero-order valence-corrected chi connectivity index (χ0v) is 12.1. The van der Waals surface area contributed by atoms with Crippen LogP contribution in [0.25, 0.3) is 0 Å². The molecule has 2 N–H and O–H groups in total. The van der Waals surface area contributed by atoms with Gasteiger partial charge in [0, 0.05) is 12.6 Å². The summed E-state index contributed by atoms with van der Waals surface area (Å²) in [5.74, 6) is 1.17. The van der Waals surface area contributed by atoms with Crippen molar-refractivity contribution in [2.75, 3.05) is 19.7 Å². The van der Waals surface area contributed by atoms with Gasteiger partial charge in [-0.2, -0.15) is 0 Å². The van der Waals surface area contributed by atoms with Crippen molar-refractivity contribution in [2.45, 2.75) is 52.6 Å². The molecule has 4 heteroatoms. The Balaban J connectivity index is 2.43. The summed E-state index contributed by atoms with van der Waals surface area (Å²) in [6.07, 6.45) is 2.08. The van der Waals surface area contributed by atoms with Crippen LogP contribution in [0.15, 0.2) is 0 Å². The Morgan fingerprint density at radius 1 is 1.44 bits per heavy atom. The molecular formula is C14H28N2O2. The van der Waals surface area contributed by atoms with Gasteiger partial charge in [0.2, 0.25) is 5.91 Å². The van der Waals surface area contributed by atoms with Crippen LogP contribution in [-0.2, 0) is 4.79 Å². The predicted molar refractivity (Wildman–Crippen MR) is 73.3 cm³/mol. The van der Waals surface area contributed by atoms with Crippen LogP contribution in [0.1, 0.15) is 40.5 Å². The normalized spacial score (nSPS) is 26.6. The molecule has 4 nitrogen and oxygen atoms in total. The molecule has 3 unspecified atom stereocenters. The van der Waals surface area contributed by atoms with E-state index >= 15 is 0 Å². The summed E-state index contributed by atoms with van der Waals surface area (Å²) in [5, 5.41) is 12.4. The number of hydrogen-bond acceptors (Lipinski definition) is 3. The van der Waals surface area contributed by atoms with Gasteiger partial charge in [0.1, 0.15) is 0 Å². The van der Waals surface area contributed by atoms with Gasteiger partial charge in [-0.25, -0.2) is 0 Å². The SMILES string of the molecule is CC(C)CCNC(=O)C(C)N1CCC(C)C1CO. The second kappa shape index (κ2) is 7.10. The van der Waals surface area contributed by atoms with E-state index in [4.69, 9.17) is 0 Å². The van der Waals surface area contributed by atoms with Crippen LogP contribution >= 0.6 is 0 Å². The maximum Gasteiger partial charge on any atom is 0.237 e. The molecule has 106 valence electrons. The van der Waals surface area contributed by atoms with Crippen molar-refractivity contribution in [1.82, 2.24) is 10.2 Å². The molecule has 18 heavy (non-hydrogen) atoms. The quantitative estimate of drug-likeness (QED) is 0.752. The lowest BCUT2D eigenvalue weighted by molar-refractivity contribution is -0.126. The molecule has 1 saturated heterocycles. The van der Waals surface area contributed by atoms with Crippen molar-refractivity contribution in [3.8, 4) is 0 Å². The molecule has 0 aromatic heterocycles.